The number of furan rings is 1. The monoisotopic (exact) mass is 380 g/mol. The van der Waals surface area contributed by atoms with E-state index in [0.29, 0.717) is 11.5 Å². The van der Waals surface area contributed by atoms with E-state index in [1.807, 2.05) is 18.2 Å². The number of anilines is 1. The fourth-order valence-electron chi connectivity index (χ4n) is 3.45. The molecule has 0 atom stereocenters. The third kappa shape index (κ3) is 3.81. The van der Waals surface area contributed by atoms with Gasteiger partial charge < -0.3 is 18.8 Å². The van der Waals surface area contributed by atoms with Crippen LogP contribution in [-0.2, 0) is 11.3 Å². The average molecular weight is 380 g/mol. The number of methoxy groups -OCH3 is 1. The maximum absolute atomic E-state index is 11.5. The molecule has 2 aromatic heterocycles. The maximum Gasteiger partial charge on any atom is 0.373 e. The van der Waals surface area contributed by atoms with Crippen molar-refractivity contribution in [1.29, 1.82) is 0 Å². The Labute approximate surface area is 164 Å². The second kappa shape index (κ2) is 7.92. The van der Waals surface area contributed by atoms with Crippen molar-refractivity contribution >= 4 is 22.7 Å². The molecule has 1 fully saturated rings. The molecule has 6 nitrogen and oxygen atoms in total. The minimum absolute atomic E-state index is 0.166. The Morgan fingerprint density at radius 1 is 1.18 bits per heavy atom. The van der Waals surface area contributed by atoms with Crippen LogP contribution in [0.3, 0.4) is 0 Å². The first kappa shape index (κ1) is 18.3. The van der Waals surface area contributed by atoms with E-state index in [2.05, 4.69) is 28.7 Å². The Kier molecular flexibility index (Phi) is 5.19. The minimum Gasteiger partial charge on any atom is -0.483 e. The highest BCUT2D eigenvalue weighted by Gasteiger charge is 2.18. The Morgan fingerprint density at radius 2 is 2.00 bits per heavy atom. The fraction of sp³-hybridized carbons (Fsp3) is 0.364. The van der Waals surface area contributed by atoms with Gasteiger partial charge in [-0.2, -0.15) is 0 Å². The van der Waals surface area contributed by atoms with Crippen LogP contribution in [0.4, 0.5) is 5.82 Å². The Morgan fingerprint density at radius 3 is 2.79 bits per heavy atom. The molecule has 1 saturated heterocycles. The zero-order valence-corrected chi connectivity index (χ0v) is 16.2. The van der Waals surface area contributed by atoms with Gasteiger partial charge in [0.25, 0.3) is 0 Å². The van der Waals surface area contributed by atoms with Gasteiger partial charge in [0.1, 0.15) is 29.5 Å². The summed E-state index contributed by atoms with van der Waals surface area (Å²) in [6, 6.07) is 13.3. The van der Waals surface area contributed by atoms with E-state index in [9.17, 15) is 4.79 Å². The summed E-state index contributed by atoms with van der Waals surface area (Å²) in [6.07, 6.45) is 2.39. The van der Waals surface area contributed by atoms with Crippen molar-refractivity contribution in [1.82, 2.24) is 4.98 Å². The standard InChI is InChI=1S/C22H24N2O4/c1-15-10-12-24(13-11-15)20-9-6-16-4-3-5-18(21(16)23-20)27-14-17-7-8-19(28-17)22(25)26-2/h3-9,15H,10-14H2,1-2H3. The van der Waals surface area contributed by atoms with Crippen LogP contribution in [0.2, 0.25) is 0 Å². The second-order valence-corrected chi connectivity index (χ2v) is 7.21. The number of rotatable bonds is 5. The molecule has 0 aliphatic carbocycles. The lowest BCUT2D eigenvalue weighted by molar-refractivity contribution is 0.0561. The summed E-state index contributed by atoms with van der Waals surface area (Å²) in [7, 11) is 1.32. The lowest BCUT2D eigenvalue weighted by Gasteiger charge is -2.31. The molecule has 146 valence electrons. The molecule has 0 bridgehead atoms. The van der Waals surface area contributed by atoms with Crippen LogP contribution >= 0.6 is 0 Å². The first-order valence-electron chi connectivity index (χ1n) is 9.58. The molecule has 0 saturated carbocycles. The van der Waals surface area contributed by atoms with Gasteiger partial charge in [-0.25, -0.2) is 9.78 Å². The van der Waals surface area contributed by atoms with Gasteiger partial charge in [0.05, 0.1) is 7.11 Å². The van der Waals surface area contributed by atoms with Crippen LogP contribution in [0, 0.1) is 5.92 Å². The molecule has 0 radical (unpaired) electrons. The number of carbonyl (C=O) groups excluding carboxylic acids is 1. The number of esters is 1. The Balaban J connectivity index is 1.54. The second-order valence-electron chi connectivity index (χ2n) is 7.21. The smallest absolute Gasteiger partial charge is 0.373 e. The van der Waals surface area contributed by atoms with Crippen LogP contribution in [-0.4, -0.2) is 31.2 Å². The van der Waals surface area contributed by atoms with Crippen molar-refractivity contribution in [3.63, 3.8) is 0 Å². The molecule has 0 N–H and O–H groups in total. The average Bonchev–Trinajstić information content (AvgIpc) is 3.21. The topological polar surface area (TPSA) is 64.8 Å². The van der Waals surface area contributed by atoms with Gasteiger partial charge in [0.15, 0.2) is 0 Å². The van der Waals surface area contributed by atoms with Gasteiger partial charge in [0.2, 0.25) is 5.76 Å². The zero-order valence-electron chi connectivity index (χ0n) is 16.2. The van der Waals surface area contributed by atoms with Gasteiger partial charge in [-0.15, -0.1) is 0 Å². The largest absolute Gasteiger partial charge is 0.483 e. The number of nitrogens with zero attached hydrogens (tertiary/aromatic N) is 2. The molecule has 1 aromatic carbocycles. The Bertz CT molecular complexity index is 974. The van der Waals surface area contributed by atoms with Gasteiger partial charge in [-0.3, -0.25) is 0 Å². The third-order valence-corrected chi connectivity index (χ3v) is 5.19. The van der Waals surface area contributed by atoms with Gasteiger partial charge in [0, 0.05) is 18.5 Å². The number of fused-ring (bicyclic) bond motifs is 1. The molecule has 0 spiro atoms. The summed E-state index contributed by atoms with van der Waals surface area (Å²) in [4.78, 5) is 18.7. The number of para-hydroxylation sites is 1. The van der Waals surface area contributed by atoms with Crippen molar-refractivity contribution < 1.29 is 18.7 Å². The van der Waals surface area contributed by atoms with E-state index in [0.717, 1.165) is 35.7 Å². The zero-order chi connectivity index (χ0) is 19.5. The summed E-state index contributed by atoms with van der Waals surface area (Å²) in [5.41, 5.74) is 0.832. The molecule has 0 amide bonds. The number of benzene rings is 1. The molecule has 28 heavy (non-hydrogen) atoms. The highest BCUT2D eigenvalue weighted by molar-refractivity contribution is 5.86. The normalized spacial score (nSPS) is 15.0. The van der Waals surface area contributed by atoms with Crippen LogP contribution < -0.4 is 9.64 Å². The Hall–Kier alpha value is -3.02. The van der Waals surface area contributed by atoms with E-state index in [1.165, 1.54) is 20.0 Å². The highest BCUT2D eigenvalue weighted by Crippen LogP contribution is 2.29. The van der Waals surface area contributed by atoms with E-state index in [1.54, 1.807) is 12.1 Å². The molecular weight excluding hydrogens is 356 g/mol. The van der Waals surface area contributed by atoms with Crippen LogP contribution in [0.15, 0.2) is 46.9 Å². The first-order valence-corrected chi connectivity index (χ1v) is 9.58. The number of carbonyl (C=O) groups is 1. The van der Waals surface area contributed by atoms with Crippen molar-refractivity contribution in [2.75, 3.05) is 25.1 Å². The number of hydrogen-bond acceptors (Lipinski definition) is 6. The van der Waals surface area contributed by atoms with E-state index in [4.69, 9.17) is 14.1 Å². The number of hydrogen-bond donors (Lipinski definition) is 0. The van der Waals surface area contributed by atoms with Crippen LogP contribution in [0.1, 0.15) is 36.1 Å². The van der Waals surface area contributed by atoms with Gasteiger partial charge in [-0.05, 0) is 49.1 Å². The van der Waals surface area contributed by atoms with Crippen molar-refractivity contribution in [2.45, 2.75) is 26.4 Å². The number of ether oxygens (including phenoxy) is 2. The van der Waals surface area contributed by atoms with Crippen molar-refractivity contribution in [2.24, 2.45) is 5.92 Å². The quantitative estimate of drug-likeness (QED) is 0.610. The van der Waals surface area contributed by atoms with E-state index in [-0.39, 0.29) is 12.4 Å². The van der Waals surface area contributed by atoms with E-state index < -0.39 is 5.97 Å². The fourth-order valence-corrected chi connectivity index (χ4v) is 3.45. The maximum atomic E-state index is 11.5. The number of pyridine rings is 1. The van der Waals surface area contributed by atoms with Gasteiger partial charge >= 0.3 is 5.97 Å². The van der Waals surface area contributed by atoms with Crippen LogP contribution in [0.5, 0.6) is 5.75 Å². The first-order chi connectivity index (χ1) is 13.6. The number of piperidine rings is 1. The predicted molar refractivity (Wildman–Crippen MR) is 107 cm³/mol. The lowest BCUT2D eigenvalue weighted by atomic mass is 9.99. The molecule has 6 heteroatoms. The molecule has 4 rings (SSSR count). The predicted octanol–water partition coefficient (Wildman–Crippen LogP) is 4.43. The lowest BCUT2D eigenvalue weighted by Crippen LogP contribution is -2.33. The summed E-state index contributed by atoms with van der Waals surface area (Å²) in [5.74, 6) is 2.68. The molecule has 0 unspecified atom stereocenters. The van der Waals surface area contributed by atoms with Crippen LogP contribution in [0.25, 0.3) is 10.9 Å². The highest BCUT2D eigenvalue weighted by atomic mass is 16.5. The molecule has 3 heterocycles. The molecule has 1 aliphatic rings. The molecular formula is C22H24N2O4. The molecule has 1 aliphatic heterocycles. The van der Waals surface area contributed by atoms with Gasteiger partial charge in [-0.1, -0.05) is 19.1 Å². The van der Waals surface area contributed by atoms with Crippen molar-refractivity contribution in [3.8, 4) is 5.75 Å². The summed E-state index contributed by atoms with van der Waals surface area (Å²) in [5, 5.41) is 1.03. The summed E-state index contributed by atoms with van der Waals surface area (Å²) < 4.78 is 16.1. The molecule has 3 aromatic rings. The van der Waals surface area contributed by atoms with E-state index >= 15 is 0 Å². The summed E-state index contributed by atoms with van der Waals surface area (Å²) >= 11 is 0. The number of aromatic nitrogens is 1. The SMILES string of the molecule is COC(=O)c1ccc(COc2cccc3ccc(N4CCC(C)CC4)nc23)o1. The van der Waals surface area contributed by atoms with Crippen molar-refractivity contribution in [3.05, 3.63) is 54.0 Å². The minimum atomic E-state index is -0.501. The third-order valence-electron chi connectivity index (χ3n) is 5.19. The summed E-state index contributed by atoms with van der Waals surface area (Å²) in [6.45, 7) is 4.58.